The molecule has 0 unspecified atom stereocenters. The number of carbonyl (C=O) groups is 3. The third-order valence-corrected chi connectivity index (χ3v) is 5.33. The summed E-state index contributed by atoms with van der Waals surface area (Å²) in [4.78, 5) is 45.8. The average Bonchev–Trinajstić information content (AvgIpc) is 2.76. The molecule has 0 aromatic heterocycles. The lowest BCUT2D eigenvalue weighted by atomic mass is 10.2. The van der Waals surface area contributed by atoms with E-state index < -0.39 is 55.8 Å². The topological polar surface area (TPSA) is 168 Å². The molecule has 1 heterocycles. The Kier molecular flexibility index (Phi) is 6.39. The first-order valence-corrected chi connectivity index (χ1v) is 10.8. The maximum atomic E-state index is 12.2. The van der Waals surface area contributed by atoms with Crippen LogP contribution in [-0.2, 0) is 24.2 Å². The second-order valence-electron chi connectivity index (χ2n) is 6.56. The largest absolute Gasteiger partial charge is 0.485 e. The van der Waals surface area contributed by atoms with Gasteiger partial charge in [-0.25, -0.2) is 13.2 Å². The lowest BCUT2D eigenvalue weighted by Crippen LogP contribution is -2.47. The van der Waals surface area contributed by atoms with E-state index in [0.717, 1.165) is 24.5 Å². The van der Waals surface area contributed by atoms with Gasteiger partial charge in [0.1, 0.15) is 11.5 Å². The van der Waals surface area contributed by atoms with Crippen molar-refractivity contribution in [2.24, 2.45) is 0 Å². The Morgan fingerprint density at radius 1 is 1.19 bits per heavy atom. The first-order valence-electron chi connectivity index (χ1n) is 8.94. The highest BCUT2D eigenvalue weighted by atomic mass is 32.2. The lowest BCUT2D eigenvalue weighted by molar-refractivity contribution is -0.387. The van der Waals surface area contributed by atoms with Gasteiger partial charge in [0, 0.05) is 12.3 Å². The van der Waals surface area contributed by atoms with E-state index in [1.54, 1.807) is 24.3 Å². The van der Waals surface area contributed by atoms with E-state index in [0.29, 0.717) is 11.5 Å². The van der Waals surface area contributed by atoms with E-state index in [1.807, 2.05) is 5.32 Å². The molecular formula is C19H16N2O10S. The van der Waals surface area contributed by atoms with Crippen LogP contribution < -0.4 is 14.8 Å². The molecule has 168 valence electrons. The third kappa shape index (κ3) is 5.18. The third-order valence-electron chi connectivity index (χ3n) is 4.19. The van der Waals surface area contributed by atoms with Gasteiger partial charge in [-0.2, -0.15) is 0 Å². The van der Waals surface area contributed by atoms with E-state index in [1.165, 1.54) is 0 Å². The summed E-state index contributed by atoms with van der Waals surface area (Å²) in [6.45, 7) is -0.997. The van der Waals surface area contributed by atoms with Crippen LogP contribution in [0, 0.1) is 10.1 Å². The molecule has 12 nitrogen and oxygen atoms in total. The first-order chi connectivity index (χ1) is 15.1. The highest BCUT2D eigenvalue weighted by molar-refractivity contribution is 7.90. The molecule has 0 fully saturated rings. The quantitative estimate of drug-likeness (QED) is 0.364. The van der Waals surface area contributed by atoms with Gasteiger partial charge in [0.15, 0.2) is 27.9 Å². The second-order valence-corrected chi connectivity index (χ2v) is 8.55. The summed E-state index contributed by atoms with van der Waals surface area (Å²) in [5.74, 6) is -2.12. The minimum atomic E-state index is -3.91. The van der Waals surface area contributed by atoms with Crippen molar-refractivity contribution in [2.45, 2.75) is 11.0 Å². The molecule has 0 saturated heterocycles. The number of ether oxygens (including phenoxy) is 3. The highest BCUT2D eigenvalue weighted by Crippen LogP contribution is 2.30. The number of nitrogens with one attached hydrogen (secondary N) is 1. The van der Waals surface area contributed by atoms with Gasteiger partial charge in [0.25, 0.3) is 17.5 Å². The Morgan fingerprint density at radius 2 is 1.88 bits per heavy atom. The number of nitrogens with zero attached hydrogens (tertiary/aromatic N) is 1. The molecule has 2 aromatic carbocycles. The highest BCUT2D eigenvalue weighted by Gasteiger charge is 2.29. The summed E-state index contributed by atoms with van der Waals surface area (Å²) in [5.41, 5.74) is -1.15. The number of para-hydroxylation sites is 2. The molecule has 0 radical (unpaired) electrons. The van der Waals surface area contributed by atoms with Crippen LogP contribution in [-0.4, -0.2) is 56.7 Å². The molecule has 32 heavy (non-hydrogen) atoms. The van der Waals surface area contributed by atoms with Gasteiger partial charge in [0.05, 0.1) is 10.5 Å². The number of hydrogen-bond acceptors (Lipinski definition) is 10. The fraction of sp³-hybridized carbons (Fsp3) is 0.211. The van der Waals surface area contributed by atoms with Gasteiger partial charge in [-0.1, -0.05) is 12.1 Å². The molecule has 0 saturated carbocycles. The zero-order chi connectivity index (χ0) is 23.5. The van der Waals surface area contributed by atoms with Crippen molar-refractivity contribution in [3.8, 4) is 11.5 Å². The van der Waals surface area contributed by atoms with Crippen LogP contribution >= 0.6 is 0 Å². The van der Waals surface area contributed by atoms with Crippen LogP contribution in [0.15, 0.2) is 47.4 Å². The fourth-order valence-electron chi connectivity index (χ4n) is 2.72. The fourth-order valence-corrected chi connectivity index (χ4v) is 3.55. The van der Waals surface area contributed by atoms with Gasteiger partial charge >= 0.3 is 5.97 Å². The number of benzene rings is 2. The predicted molar refractivity (Wildman–Crippen MR) is 106 cm³/mol. The van der Waals surface area contributed by atoms with Gasteiger partial charge < -0.3 is 14.2 Å². The predicted octanol–water partition coefficient (Wildman–Crippen LogP) is 0.638. The summed E-state index contributed by atoms with van der Waals surface area (Å²) in [6, 6.07) is 9.29. The number of imide groups is 1. The van der Waals surface area contributed by atoms with E-state index >= 15 is 0 Å². The number of nitro groups is 1. The molecule has 0 spiro atoms. The zero-order valence-corrected chi connectivity index (χ0v) is 17.3. The summed E-state index contributed by atoms with van der Waals surface area (Å²) in [7, 11) is -3.91. The molecule has 1 aliphatic heterocycles. The van der Waals surface area contributed by atoms with Crippen molar-refractivity contribution < 1.29 is 41.9 Å². The van der Waals surface area contributed by atoms with Crippen LogP contribution in [0.2, 0.25) is 0 Å². The molecule has 0 bridgehead atoms. The van der Waals surface area contributed by atoms with E-state index in [4.69, 9.17) is 14.2 Å². The molecule has 2 amide bonds. The standard InChI is InChI=1S/C19H16N2O10S/c1-32(27,28)16-7-6-11(8-12(16)21(25)26)19(24)30-10-17(22)20-18(23)15-9-29-13-4-2-3-5-14(13)31-15/h2-8,15H,9-10H2,1H3,(H,20,22,23)/t15-/m0/s1. The monoisotopic (exact) mass is 464 g/mol. The van der Waals surface area contributed by atoms with Crippen LogP contribution in [0.25, 0.3) is 0 Å². The van der Waals surface area contributed by atoms with E-state index in [-0.39, 0.29) is 12.2 Å². The van der Waals surface area contributed by atoms with Crippen molar-refractivity contribution in [2.75, 3.05) is 19.5 Å². The molecule has 1 atom stereocenters. The first kappa shape index (κ1) is 22.7. The van der Waals surface area contributed by atoms with Gasteiger partial charge in [-0.05, 0) is 24.3 Å². The molecule has 13 heteroatoms. The Hall–Kier alpha value is -4.00. The molecule has 2 aromatic rings. The van der Waals surface area contributed by atoms with E-state index in [2.05, 4.69) is 0 Å². The normalized spacial score (nSPS) is 14.8. The average molecular weight is 464 g/mol. The minimum absolute atomic E-state index is 0.133. The van der Waals surface area contributed by atoms with Crippen molar-refractivity contribution in [1.29, 1.82) is 0 Å². The number of carbonyl (C=O) groups excluding carboxylic acids is 3. The van der Waals surface area contributed by atoms with Crippen LogP contribution in [0.1, 0.15) is 10.4 Å². The SMILES string of the molecule is CS(=O)(=O)c1ccc(C(=O)OCC(=O)NC(=O)[C@@H]2COc3ccccc3O2)cc1[N+](=O)[O-]. The molecule has 1 aliphatic rings. The van der Waals surface area contributed by atoms with Gasteiger partial charge in [-0.3, -0.25) is 25.0 Å². The lowest BCUT2D eigenvalue weighted by Gasteiger charge is -2.25. The number of amides is 2. The van der Waals surface area contributed by atoms with Crippen LogP contribution in [0.4, 0.5) is 5.69 Å². The minimum Gasteiger partial charge on any atom is -0.485 e. The van der Waals surface area contributed by atoms with Crippen molar-refractivity contribution in [3.63, 3.8) is 0 Å². The maximum Gasteiger partial charge on any atom is 0.338 e. The summed E-state index contributed by atoms with van der Waals surface area (Å²) in [5, 5.41) is 13.1. The Balaban J connectivity index is 1.58. The summed E-state index contributed by atoms with van der Waals surface area (Å²) in [6.07, 6.45) is -0.315. The van der Waals surface area contributed by atoms with Crippen molar-refractivity contribution >= 4 is 33.3 Å². The summed E-state index contributed by atoms with van der Waals surface area (Å²) < 4.78 is 38.8. The van der Waals surface area contributed by atoms with Gasteiger partial charge in [0.2, 0.25) is 6.10 Å². The number of esters is 1. The Bertz CT molecular complexity index is 1210. The van der Waals surface area contributed by atoms with Crippen molar-refractivity contribution in [1.82, 2.24) is 5.32 Å². The summed E-state index contributed by atoms with van der Waals surface area (Å²) >= 11 is 0. The van der Waals surface area contributed by atoms with Crippen LogP contribution in [0.5, 0.6) is 11.5 Å². The number of rotatable bonds is 6. The van der Waals surface area contributed by atoms with E-state index in [9.17, 15) is 32.9 Å². The Labute approximate surface area is 181 Å². The van der Waals surface area contributed by atoms with Crippen molar-refractivity contribution in [3.05, 3.63) is 58.1 Å². The number of fused-ring (bicyclic) bond motifs is 1. The number of nitro benzene ring substituents is 1. The number of hydrogen-bond donors (Lipinski definition) is 1. The zero-order valence-electron chi connectivity index (χ0n) is 16.5. The number of sulfone groups is 1. The molecule has 0 aliphatic carbocycles. The smallest absolute Gasteiger partial charge is 0.338 e. The molecule has 3 rings (SSSR count). The molecular weight excluding hydrogens is 448 g/mol. The maximum absolute atomic E-state index is 12.2. The Morgan fingerprint density at radius 3 is 2.53 bits per heavy atom. The second kappa shape index (κ2) is 9.01. The van der Waals surface area contributed by atoms with Crippen LogP contribution in [0.3, 0.4) is 0 Å². The van der Waals surface area contributed by atoms with Gasteiger partial charge in [-0.15, -0.1) is 0 Å². The molecule has 1 N–H and O–H groups in total.